The van der Waals surface area contributed by atoms with Gasteiger partial charge in [0.05, 0.1) is 132 Å². The molecule has 7 aliphatic heterocycles. The monoisotopic (exact) mass is 1920 g/mol. The van der Waals surface area contributed by atoms with Crippen LogP contribution in [0.5, 0.6) is 0 Å². The number of pyridine rings is 8. The van der Waals surface area contributed by atoms with Crippen LogP contribution in [0.4, 0.5) is 36.4 Å². The van der Waals surface area contributed by atoms with Crippen LogP contribution in [0, 0.1) is 40.7 Å². The van der Waals surface area contributed by atoms with E-state index in [2.05, 4.69) is 45.2 Å². The van der Waals surface area contributed by atoms with E-state index in [1.165, 1.54) is 52.3 Å². The van der Waals surface area contributed by atoms with Gasteiger partial charge in [-0.15, -0.1) is 0 Å². The van der Waals surface area contributed by atoms with Crippen LogP contribution in [-0.2, 0) is 85.5 Å². The maximum Gasteiger partial charge on any atom is 0.289 e. The van der Waals surface area contributed by atoms with Crippen molar-refractivity contribution in [3.05, 3.63) is 459 Å². The molecule has 0 aliphatic carbocycles. The van der Waals surface area contributed by atoms with Gasteiger partial charge < -0.3 is 48.7 Å². The fraction of sp³-hybridized carbons (Fsp3) is 0.114. The molecule has 1 fully saturated rings. The number of halogens is 7. The number of nitrogens with one attached hydrogen (secondary N) is 2. The summed E-state index contributed by atoms with van der Waals surface area (Å²) in [5, 5.41) is 5.82. The van der Waals surface area contributed by atoms with Crippen molar-refractivity contribution in [1.29, 1.82) is 0 Å². The van der Waals surface area contributed by atoms with Crippen LogP contribution >= 0.6 is 0 Å². The highest BCUT2D eigenvalue weighted by atomic mass is 19.2. The zero-order valence-corrected chi connectivity index (χ0v) is 76.4. The number of benzene rings is 9. The second-order valence-corrected chi connectivity index (χ2v) is 35.4. The third-order valence-electron chi connectivity index (χ3n) is 26.5. The number of amides is 6. The summed E-state index contributed by atoms with van der Waals surface area (Å²) in [4.78, 5) is 116. The van der Waals surface area contributed by atoms with Crippen LogP contribution in [0.15, 0.2) is 329 Å². The van der Waals surface area contributed by atoms with E-state index in [4.69, 9.17) is 9.47 Å². The van der Waals surface area contributed by atoms with Gasteiger partial charge >= 0.3 is 0 Å². The van der Waals surface area contributed by atoms with Crippen molar-refractivity contribution < 1.29 is 69.0 Å². The first kappa shape index (κ1) is 91.2. The Morgan fingerprint density at radius 1 is 0.319 bits per heavy atom. The van der Waals surface area contributed by atoms with E-state index in [1.807, 2.05) is 150 Å². The molecule has 17 heterocycles. The lowest BCUT2D eigenvalue weighted by Gasteiger charge is -2.20. The van der Waals surface area contributed by atoms with E-state index < -0.39 is 35.0 Å². The van der Waals surface area contributed by atoms with Gasteiger partial charge in [0.2, 0.25) is 0 Å². The van der Waals surface area contributed by atoms with Crippen molar-refractivity contribution in [3.63, 3.8) is 0 Å². The van der Waals surface area contributed by atoms with Gasteiger partial charge in [0.25, 0.3) is 41.2 Å². The molecular formula is C114H80F7N15O8. The van der Waals surface area contributed by atoms with E-state index in [9.17, 15) is 50.7 Å². The third-order valence-corrected chi connectivity index (χ3v) is 26.5. The molecule has 144 heavy (non-hydrogen) atoms. The number of H-pyrrole nitrogens is 1. The molecule has 26 rings (SSSR count). The quantitative estimate of drug-likeness (QED) is 0.0904. The summed E-state index contributed by atoms with van der Waals surface area (Å²) in [6.07, 6.45) is 17.3. The molecule has 19 aromatic rings. The minimum absolute atomic E-state index is 0.0977. The number of ether oxygens (including phenoxy) is 2. The van der Waals surface area contributed by atoms with Gasteiger partial charge in [-0.05, 0) is 220 Å². The molecule has 1 saturated heterocycles. The van der Waals surface area contributed by atoms with E-state index in [-0.39, 0.29) is 117 Å². The maximum atomic E-state index is 15.0. The largest absolute Gasteiger partial charge is 0.361 e. The first-order valence-corrected chi connectivity index (χ1v) is 46.2. The minimum atomic E-state index is -1.53. The van der Waals surface area contributed by atoms with Crippen LogP contribution in [0.2, 0.25) is 0 Å². The van der Waals surface area contributed by atoms with Crippen molar-refractivity contribution in [2.24, 2.45) is 0 Å². The zero-order chi connectivity index (χ0) is 98.5. The molecule has 23 nitrogen and oxygen atoms in total. The average Bonchev–Trinajstić information content (AvgIpc) is 1.58. The highest BCUT2D eigenvalue weighted by Gasteiger charge is 2.53. The average molecular weight is 1920 g/mol. The number of hydrogen-bond donors (Lipinski definition) is 2. The normalized spacial score (nSPS) is 14.4. The number of carbonyl (C=O) groups is 6. The van der Waals surface area contributed by atoms with Crippen LogP contribution < -0.4 is 5.32 Å². The second kappa shape index (κ2) is 38.4. The Bertz CT molecular complexity index is 8390. The lowest BCUT2D eigenvalue weighted by Crippen LogP contribution is -2.35. The SMILES string of the molecule is O=C1c2cccnc2CN1Cc1c(F)cc(-c2ccc3c(c2)C2(OCCO2)C(=O)N3)cc1F.O=C1c2cccnc2CN1Cc1c(F)cc(-c2ccc3cccn3c2)cc1F.O=C1c2cccnc2CN1Cc1ccc(-c2ccc3[nH]ccc3c2)cc1F.O=C1c2cccnc2CN1Cc1ccc(-c2cccc3cccnc23)cc1F.O=C1c2cccnc2CN1Cc1ccc(-c2cnc3ccccc3c2)cc1F. The number of para-hydroxylation sites is 2. The smallest absolute Gasteiger partial charge is 0.289 e. The Balaban J connectivity index is 0.000000103. The molecule has 0 unspecified atom stereocenters. The van der Waals surface area contributed by atoms with E-state index >= 15 is 8.78 Å². The molecule has 0 radical (unpaired) electrons. The van der Waals surface area contributed by atoms with E-state index in [1.54, 1.807) is 155 Å². The fourth-order valence-electron chi connectivity index (χ4n) is 19.1. The molecule has 6 amide bonds. The zero-order valence-electron chi connectivity index (χ0n) is 76.4. The maximum absolute atomic E-state index is 15.0. The summed E-state index contributed by atoms with van der Waals surface area (Å²) in [6.45, 7) is 2.54. The molecule has 10 aromatic heterocycles. The van der Waals surface area contributed by atoms with Crippen molar-refractivity contribution in [3.8, 4) is 55.6 Å². The molecule has 708 valence electrons. The number of aromatic nitrogens is 9. The predicted molar refractivity (Wildman–Crippen MR) is 524 cm³/mol. The number of carbonyl (C=O) groups excluding carboxylic acids is 6. The van der Waals surface area contributed by atoms with Gasteiger partial charge in [-0.2, -0.15) is 0 Å². The van der Waals surface area contributed by atoms with Crippen molar-refractivity contribution in [1.82, 2.24) is 68.8 Å². The number of aromatic amines is 1. The van der Waals surface area contributed by atoms with Gasteiger partial charge in [0.15, 0.2) is 0 Å². The first-order chi connectivity index (χ1) is 70.1. The summed E-state index contributed by atoms with van der Waals surface area (Å²) in [7, 11) is 0. The van der Waals surface area contributed by atoms with Gasteiger partial charge in [-0.1, -0.05) is 97.1 Å². The van der Waals surface area contributed by atoms with Crippen molar-refractivity contribution >= 4 is 79.4 Å². The highest BCUT2D eigenvalue weighted by molar-refractivity contribution is 6.05. The molecular weight excluding hydrogens is 1840 g/mol. The summed E-state index contributed by atoms with van der Waals surface area (Å²) in [5.74, 6) is -6.66. The second-order valence-electron chi connectivity index (χ2n) is 35.4. The molecule has 0 bridgehead atoms. The summed E-state index contributed by atoms with van der Waals surface area (Å²) in [5.41, 5.74) is 19.2. The lowest BCUT2D eigenvalue weighted by atomic mass is 9.97. The summed E-state index contributed by atoms with van der Waals surface area (Å²) < 4.78 is 117. The number of fused-ring (bicyclic) bond motifs is 11. The number of hydrogen-bond acceptors (Lipinski definition) is 15. The number of rotatable bonds is 15. The van der Waals surface area contributed by atoms with Gasteiger partial charge in [0.1, 0.15) is 40.7 Å². The highest BCUT2D eigenvalue weighted by Crippen LogP contribution is 2.45. The molecule has 0 atom stereocenters. The molecule has 1 spiro atoms. The van der Waals surface area contributed by atoms with E-state index in [0.29, 0.717) is 109 Å². The summed E-state index contributed by atoms with van der Waals surface area (Å²) in [6, 6.07) is 77.8. The Morgan fingerprint density at radius 3 is 1.24 bits per heavy atom. The fourth-order valence-corrected chi connectivity index (χ4v) is 19.1. The molecule has 7 aliphatic rings. The minimum Gasteiger partial charge on any atom is -0.361 e. The molecule has 0 saturated carbocycles. The first-order valence-electron chi connectivity index (χ1n) is 46.2. The third kappa shape index (κ3) is 17.8. The molecule has 9 aromatic carbocycles. The topological polar surface area (TPSA) is 260 Å². The van der Waals surface area contributed by atoms with Crippen molar-refractivity contribution in [2.45, 2.75) is 71.2 Å². The number of nitrogens with zero attached hydrogens (tertiary/aromatic N) is 13. The standard InChI is InChI=1S/C24H17F2N3O4.2C23H16FN3O.C22H15F2N3O.C22H16FN3O/c25-18-9-14(13-3-4-20-17(8-13)24(23(31)28-20)32-6-7-33-24)10-19(26)16(18)11-29-12-21-15(22(29)30)2-1-5-27-21;24-20-12-16(18-6-1-4-15-5-2-11-26-22(15)18)8-9-17(20)13-27-14-21-19(23(27)28)7-3-10-25-21;24-20-11-15(18-10-16-4-1-2-6-21(16)26-12-18)7-8-17(20)13-27-14-22-19(23(27)28)5-3-9-25-22;23-19-9-15(14-5-6-16-3-2-8-26(16)11-14)10-20(24)18(19)12-27-13-21-17(22(27)28)4-1-7-25-21;23-19-11-15(14-5-6-20-16(10-14)7-9-25-20)3-4-17(19)12-26-13-21-18(22(26)27)2-1-8-24-21/h1-5,8-10H,6-7,11-12H2,(H,28,31);2*1-12H,13-14H2;1-11H,12-13H2;1-11,25H,12-13H2. The Morgan fingerprint density at radius 2 is 0.722 bits per heavy atom. The van der Waals surface area contributed by atoms with Crippen LogP contribution in [0.1, 0.15) is 114 Å². The predicted octanol–water partition coefficient (Wildman–Crippen LogP) is 21.5. The molecule has 2 N–H and O–H groups in total. The molecule has 30 heteroatoms. The van der Waals surface area contributed by atoms with Gasteiger partial charge in [-0.25, -0.2) is 30.7 Å². The van der Waals surface area contributed by atoms with E-state index in [0.717, 1.165) is 88.7 Å². The summed E-state index contributed by atoms with van der Waals surface area (Å²) >= 11 is 0. The lowest BCUT2D eigenvalue weighted by molar-refractivity contribution is -0.178. The van der Waals surface area contributed by atoms with Crippen LogP contribution in [0.3, 0.4) is 0 Å². The van der Waals surface area contributed by atoms with Gasteiger partial charge in [0, 0.05) is 148 Å². The Kier molecular flexibility index (Phi) is 24.3. The van der Waals surface area contributed by atoms with Crippen molar-refractivity contribution in [2.75, 3.05) is 18.5 Å². The Hall–Kier alpha value is -17.9. The number of anilines is 1. The Labute approximate surface area is 817 Å². The van der Waals surface area contributed by atoms with Gasteiger partial charge in [-0.3, -0.25) is 63.7 Å². The van der Waals surface area contributed by atoms with Crippen LogP contribution in [-0.4, -0.2) is 117 Å². The van der Waals surface area contributed by atoms with Crippen LogP contribution in [0.25, 0.3) is 93.9 Å².